The predicted octanol–water partition coefficient (Wildman–Crippen LogP) is 17.4. The minimum Gasteiger partial charge on any atom is -0.387 e. The highest BCUT2D eigenvalue weighted by atomic mass is 31.2. The number of hydrogen-bond donors (Lipinski definition) is 3. The number of amides is 1. The fourth-order valence-corrected chi connectivity index (χ4v) is 9.66. The van der Waals surface area contributed by atoms with Crippen molar-refractivity contribution in [3.05, 3.63) is 12.2 Å². The number of unbranched alkanes of at least 4 members (excludes halogenated alkanes) is 41. The zero-order valence-electron chi connectivity index (χ0n) is 45.0. The number of quaternary nitrogens is 1. The van der Waals surface area contributed by atoms with E-state index in [0.717, 1.165) is 38.5 Å². The molecule has 0 aliphatic heterocycles. The number of phosphoric ester groups is 1. The van der Waals surface area contributed by atoms with Crippen LogP contribution in [0.1, 0.15) is 296 Å². The maximum Gasteiger partial charge on any atom is 0.472 e. The van der Waals surface area contributed by atoms with Crippen molar-refractivity contribution in [2.24, 2.45) is 0 Å². The molecule has 3 atom stereocenters. The maximum atomic E-state index is 12.9. The molecule has 0 rings (SSSR count). The van der Waals surface area contributed by atoms with Crippen molar-refractivity contribution in [1.82, 2.24) is 5.32 Å². The van der Waals surface area contributed by atoms with Crippen LogP contribution in [0.4, 0.5) is 0 Å². The van der Waals surface area contributed by atoms with Gasteiger partial charge in [-0.05, 0) is 19.3 Å². The molecule has 0 spiro atoms. The SMILES string of the molecule is CCCCCCCC/C=C/C(O)C(COP(=O)(O)OCC[N+](C)(C)C)NC(=O)CCCCCCCCCCCCCCCCCCCCCCCCCCCCCCCCCCCCCC. The Bertz CT molecular complexity index is 1080. The Hall–Kier alpha value is -0.760. The van der Waals surface area contributed by atoms with Crippen LogP contribution >= 0.6 is 7.82 Å². The number of carbonyl (C=O) groups excluding carboxylic acids is 1. The minimum absolute atomic E-state index is 0.0643. The largest absolute Gasteiger partial charge is 0.472 e. The molecule has 3 N–H and O–H groups in total. The van der Waals surface area contributed by atoms with Crippen LogP contribution in [0.15, 0.2) is 12.2 Å². The van der Waals surface area contributed by atoms with Crippen LogP contribution in [0.3, 0.4) is 0 Å². The number of likely N-dealkylation sites (N-methyl/N-ethyl adjacent to an activating group) is 1. The molecule has 0 fully saturated rings. The number of aliphatic hydroxyl groups excluding tert-OH is 1. The molecular weight excluding hydrogens is 840 g/mol. The molecule has 0 aliphatic rings. The van der Waals surface area contributed by atoms with E-state index in [9.17, 15) is 19.4 Å². The lowest BCUT2D eigenvalue weighted by Gasteiger charge is -2.25. The summed E-state index contributed by atoms with van der Waals surface area (Å²) in [5.41, 5.74) is 0. The lowest BCUT2D eigenvalue weighted by molar-refractivity contribution is -0.870. The lowest BCUT2D eigenvalue weighted by Crippen LogP contribution is -2.45. The van der Waals surface area contributed by atoms with Crippen LogP contribution in [0, 0.1) is 0 Å². The molecule has 0 saturated carbocycles. The Morgan fingerprint density at radius 1 is 0.500 bits per heavy atom. The van der Waals surface area contributed by atoms with Gasteiger partial charge in [0.2, 0.25) is 5.91 Å². The van der Waals surface area contributed by atoms with Crippen molar-refractivity contribution in [1.29, 1.82) is 0 Å². The van der Waals surface area contributed by atoms with Gasteiger partial charge in [0.15, 0.2) is 0 Å². The van der Waals surface area contributed by atoms with E-state index < -0.39 is 20.0 Å². The van der Waals surface area contributed by atoms with E-state index in [1.165, 1.54) is 238 Å². The van der Waals surface area contributed by atoms with Crippen LogP contribution in [-0.4, -0.2) is 73.4 Å². The standard InChI is InChI=1S/C57H115N2O6P/c1-6-8-10-12-14-16-17-18-19-20-21-22-23-24-25-26-27-28-29-30-31-32-33-34-35-36-37-38-39-40-41-42-43-45-47-49-51-57(61)58-55(54-65-66(62,63)64-53-52-59(3,4)5)56(60)50-48-46-44-15-13-11-9-7-2/h48,50,55-56,60H,6-47,49,51-54H2,1-5H3,(H-,58,61,62,63)/p+1/b50-48+. The molecule has 9 heteroatoms. The molecule has 0 heterocycles. The summed E-state index contributed by atoms with van der Waals surface area (Å²) in [4.78, 5) is 23.1. The summed E-state index contributed by atoms with van der Waals surface area (Å²) in [6, 6.07) is -0.839. The van der Waals surface area contributed by atoms with Crippen molar-refractivity contribution in [3.63, 3.8) is 0 Å². The van der Waals surface area contributed by atoms with Gasteiger partial charge in [-0.25, -0.2) is 4.57 Å². The van der Waals surface area contributed by atoms with Crippen LogP contribution < -0.4 is 5.32 Å². The van der Waals surface area contributed by atoms with Crippen LogP contribution in [0.25, 0.3) is 0 Å². The van der Waals surface area contributed by atoms with Gasteiger partial charge in [0.1, 0.15) is 13.2 Å². The number of hydrogen-bond acceptors (Lipinski definition) is 5. The van der Waals surface area contributed by atoms with Crippen molar-refractivity contribution >= 4 is 13.7 Å². The van der Waals surface area contributed by atoms with Gasteiger partial charge >= 0.3 is 7.82 Å². The third-order valence-electron chi connectivity index (χ3n) is 13.5. The molecule has 8 nitrogen and oxygen atoms in total. The summed E-state index contributed by atoms with van der Waals surface area (Å²) >= 11 is 0. The Morgan fingerprint density at radius 3 is 1.12 bits per heavy atom. The molecule has 0 bridgehead atoms. The summed E-state index contributed by atoms with van der Waals surface area (Å²) in [7, 11) is 1.58. The van der Waals surface area contributed by atoms with E-state index >= 15 is 0 Å². The minimum atomic E-state index is -4.33. The normalized spacial score (nSPS) is 14.0. The smallest absolute Gasteiger partial charge is 0.387 e. The average Bonchev–Trinajstić information content (AvgIpc) is 3.28. The summed E-state index contributed by atoms with van der Waals surface area (Å²) in [6.45, 7) is 4.80. The molecule has 0 aromatic rings. The highest BCUT2D eigenvalue weighted by Gasteiger charge is 2.27. The number of allylic oxidation sites excluding steroid dienone is 1. The number of rotatable bonds is 54. The Kier molecular flexibility index (Phi) is 48.7. The van der Waals surface area contributed by atoms with E-state index in [1.54, 1.807) is 6.08 Å². The van der Waals surface area contributed by atoms with Gasteiger partial charge < -0.3 is 19.8 Å². The summed E-state index contributed by atoms with van der Waals surface area (Å²) < 4.78 is 23.5. The fraction of sp³-hybridized carbons (Fsp3) is 0.947. The lowest BCUT2D eigenvalue weighted by atomic mass is 10.0. The van der Waals surface area contributed by atoms with Crippen LogP contribution in [0.5, 0.6) is 0 Å². The van der Waals surface area contributed by atoms with E-state index in [0.29, 0.717) is 17.4 Å². The first-order valence-electron chi connectivity index (χ1n) is 29.1. The molecule has 66 heavy (non-hydrogen) atoms. The van der Waals surface area contributed by atoms with E-state index in [1.807, 2.05) is 27.2 Å². The van der Waals surface area contributed by atoms with Crippen molar-refractivity contribution in [2.45, 2.75) is 309 Å². The second kappa shape index (κ2) is 49.2. The topological polar surface area (TPSA) is 105 Å². The van der Waals surface area contributed by atoms with Crippen LogP contribution in [0.2, 0.25) is 0 Å². The number of phosphoric acid groups is 1. The van der Waals surface area contributed by atoms with Crippen molar-refractivity contribution < 1.29 is 32.9 Å². The zero-order valence-corrected chi connectivity index (χ0v) is 45.9. The second-order valence-corrected chi connectivity index (χ2v) is 22.8. The van der Waals surface area contributed by atoms with Gasteiger partial charge in [-0.3, -0.25) is 13.8 Å². The molecule has 0 aromatic carbocycles. The Labute approximate surface area is 412 Å². The number of carbonyl (C=O) groups is 1. The Morgan fingerprint density at radius 2 is 0.803 bits per heavy atom. The van der Waals surface area contributed by atoms with Crippen molar-refractivity contribution in [3.8, 4) is 0 Å². The molecule has 0 radical (unpaired) electrons. The fourth-order valence-electron chi connectivity index (χ4n) is 8.93. The molecule has 0 saturated heterocycles. The monoisotopic (exact) mass is 956 g/mol. The second-order valence-electron chi connectivity index (χ2n) is 21.4. The van der Waals surface area contributed by atoms with Crippen molar-refractivity contribution in [2.75, 3.05) is 40.9 Å². The number of aliphatic hydroxyl groups is 1. The molecule has 394 valence electrons. The molecule has 0 aliphatic carbocycles. The third-order valence-corrected chi connectivity index (χ3v) is 14.5. The first kappa shape index (κ1) is 65.2. The van der Waals surface area contributed by atoms with Gasteiger partial charge in [-0.2, -0.15) is 0 Å². The van der Waals surface area contributed by atoms with Gasteiger partial charge in [-0.1, -0.05) is 283 Å². The third kappa shape index (κ3) is 51.1. The highest BCUT2D eigenvalue weighted by Crippen LogP contribution is 2.43. The first-order chi connectivity index (χ1) is 32.0. The van der Waals surface area contributed by atoms with Gasteiger partial charge in [0.25, 0.3) is 0 Å². The molecular formula is C57H116N2O6P+. The van der Waals surface area contributed by atoms with Gasteiger partial charge in [0, 0.05) is 6.42 Å². The predicted molar refractivity (Wildman–Crippen MR) is 286 cm³/mol. The highest BCUT2D eigenvalue weighted by molar-refractivity contribution is 7.47. The number of nitrogens with one attached hydrogen (secondary N) is 1. The average molecular weight is 957 g/mol. The summed E-state index contributed by atoms with van der Waals surface area (Å²) in [5, 5.41) is 13.8. The van der Waals surface area contributed by atoms with E-state index in [2.05, 4.69) is 19.2 Å². The van der Waals surface area contributed by atoms with Crippen LogP contribution in [-0.2, 0) is 18.4 Å². The molecule has 1 amide bonds. The molecule has 0 aromatic heterocycles. The maximum absolute atomic E-state index is 12.9. The van der Waals surface area contributed by atoms with E-state index in [-0.39, 0.29) is 19.1 Å². The number of nitrogens with zero attached hydrogens (tertiary/aromatic N) is 1. The van der Waals surface area contributed by atoms with Gasteiger partial charge in [0.05, 0.1) is 39.9 Å². The summed E-state index contributed by atoms with van der Waals surface area (Å²) in [6.07, 6.45) is 60.8. The van der Waals surface area contributed by atoms with Gasteiger partial charge in [-0.15, -0.1) is 0 Å². The molecule has 3 unspecified atom stereocenters. The van der Waals surface area contributed by atoms with E-state index in [4.69, 9.17) is 9.05 Å². The zero-order chi connectivity index (χ0) is 48.5. The summed E-state index contributed by atoms with van der Waals surface area (Å²) in [5.74, 6) is -0.174. The Balaban J connectivity index is 3.77. The quantitative estimate of drug-likeness (QED) is 0.0243. The first-order valence-corrected chi connectivity index (χ1v) is 30.6.